The lowest BCUT2D eigenvalue weighted by atomic mass is 10.0. The summed E-state index contributed by atoms with van der Waals surface area (Å²) in [6.45, 7) is 1.87. The molecule has 4 nitrogen and oxygen atoms in total. The second kappa shape index (κ2) is 8.90. The summed E-state index contributed by atoms with van der Waals surface area (Å²) >= 11 is 11.1. The van der Waals surface area contributed by atoms with Crippen LogP contribution in [0.2, 0.25) is 5.02 Å². The van der Waals surface area contributed by atoms with Crippen LogP contribution in [0.3, 0.4) is 0 Å². The van der Waals surface area contributed by atoms with Gasteiger partial charge >= 0.3 is 5.97 Å². The lowest BCUT2D eigenvalue weighted by Crippen LogP contribution is -2.27. The fraction of sp³-hybridized carbons (Fsp3) is 0.143. The highest BCUT2D eigenvalue weighted by molar-refractivity contribution is 9.11. The van der Waals surface area contributed by atoms with E-state index in [0.717, 1.165) is 20.5 Å². The number of carboxylic acid groups (broad SMARTS) is 1. The first-order valence-electron chi connectivity index (χ1n) is 8.49. The number of hydrogen-bond acceptors (Lipinski definition) is 3. The summed E-state index contributed by atoms with van der Waals surface area (Å²) in [5.74, 6) is -1.15. The first kappa shape index (κ1) is 20.6. The van der Waals surface area contributed by atoms with E-state index in [1.165, 1.54) is 23.5 Å². The second-order valence-electron chi connectivity index (χ2n) is 6.33. The fourth-order valence-electron chi connectivity index (χ4n) is 2.84. The Bertz CT molecular complexity index is 1020. The van der Waals surface area contributed by atoms with Crippen molar-refractivity contribution in [3.8, 4) is 0 Å². The zero-order chi connectivity index (χ0) is 20.3. The smallest absolute Gasteiger partial charge is 0.335 e. The summed E-state index contributed by atoms with van der Waals surface area (Å²) in [6.07, 6.45) is 0.592. The van der Waals surface area contributed by atoms with Crippen LogP contribution in [-0.4, -0.2) is 17.0 Å². The Morgan fingerprint density at radius 1 is 1.21 bits per heavy atom. The van der Waals surface area contributed by atoms with Crippen molar-refractivity contribution >= 4 is 50.7 Å². The Balaban J connectivity index is 1.76. The van der Waals surface area contributed by atoms with Crippen molar-refractivity contribution in [2.24, 2.45) is 0 Å². The van der Waals surface area contributed by atoms with Gasteiger partial charge in [-0.2, -0.15) is 0 Å². The van der Waals surface area contributed by atoms with Crippen molar-refractivity contribution in [2.45, 2.75) is 19.4 Å². The molecule has 0 aliphatic heterocycles. The van der Waals surface area contributed by atoms with Gasteiger partial charge in [-0.3, -0.25) is 4.79 Å². The summed E-state index contributed by atoms with van der Waals surface area (Å²) in [5, 5.41) is 14.5. The van der Waals surface area contributed by atoms with Gasteiger partial charge in [0.15, 0.2) is 0 Å². The average Bonchev–Trinajstić information content (AvgIpc) is 3.02. The largest absolute Gasteiger partial charge is 0.478 e. The maximum Gasteiger partial charge on any atom is 0.335 e. The Kier molecular flexibility index (Phi) is 6.54. The molecular weight excluding hydrogens is 462 g/mol. The van der Waals surface area contributed by atoms with Crippen molar-refractivity contribution in [1.82, 2.24) is 5.32 Å². The molecule has 0 spiro atoms. The van der Waals surface area contributed by atoms with Crippen LogP contribution in [0.5, 0.6) is 0 Å². The van der Waals surface area contributed by atoms with Crippen LogP contribution in [0.25, 0.3) is 0 Å². The minimum Gasteiger partial charge on any atom is -0.478 e. The summed E-state index contributed by atoms with van der Waals surface area (Å²) in [5.41, 5.74) is 3.61. The highest BCUT2D eigenvalue weighted by Gasteiger charge is 2.19. The molecule has 7 heteroatoms. The van der Waals surface area contributed by atoms with Crippen molar-refractivity contribution < 1.29 is 14.7 Å². The third kappa shape index (κ3) is 4.82. The molecule has 2 aromatic carbocycles. The molecule has 0 fully saturated rings. The van der Waals surface area contributed by atoms with Crippen LogP contribution >= 0.6 is 38.9 Å². The topological polar surface area (TPSA) is 66.4 Å². The highest BCUT2D eigenvalue weighted by Crippen LogP contribution is 2.31. The predicted molar refractivity (Wildman–Crippen MR) is 116 cm³/mol. The Morgan fingerprint density at radius 2 is 1.93 bits per heavy atom. The molecule has 28 heavy (non-hydrogen) atoms. The third-order valence-electron chi connectivity index (χ3n) is 4.36. The van der Waals surface area contributed by atoms with Crippen molar-refractivity contribution in [1.29, 1.82) is 0 Å². The van der Waals surface area contributed by atoms with Crippen molar-refractivity contribution in [3.05, 3.63) is 90.5 Å². The Labute approximate surface area is 180 Å². The minimum atomic E-state index is -0.975. The molecule has 0 radical (unpaired) electrons. The number of benzene rings is 2. The molecule has 3 aromatic rings. The van der Waals surface area contributed by atoms with Gasteiger partial charge < -0.3 is 10.4 Å². The van der Waals surface area contributed by atoms with Gasteiger partial charge in [0.1, 0.15) is 0 Å². The van der Waals surface area contributed by atoms with Crippen LogP contribution in [-0.2, 0) is 6.42 Å². The van der Waals surface area contributed by atoms with Crippen LogP contribution in [0.4, 0.5) is 0 Å². The van der Waals surface area contributed by atoms with E-state index in [2.05, 4.69) is 21.2 Å². The molecule has 0 saturated heterocycles. The Hall–Kier alpha value is -2.15. The van der Waals surface area contributed by atoms with Gasteiger partial charge in [-0.25, -0.2) is 4.79 Å². The molecule has 0 aliphatic rings. The van der Waals surface area contributed by atoms with E-state index in [0.29, 0.717) is 17.0 Å². The number of aromatic carboxylic acids is 1. The van der Waals surface area contributed by atoms with Gasteiger partial charge in [-0.05, 0) is 63.8 Å². The first-order valence-corrected chi connectivity index (χ1v) is 10.5. The molecule has 0 saturated carbocycles. The van der Waals surface area contributed by atoms with Crippen LogP contribution < -0.4 is 5.32 Å². The number of hydrogen-bond donors (Lipinski definition) is 2. The van der Waals surface area contributed by atoms with Gasteiger partial charge in [0.05, 0.1) is 21.0 Å². The van der Waals surface area contributed by atoms with Gasteiger partial charge in [0.25, 0.3) is 5.91 Å². The van der Waals surface area contributed by atoms with Crippen LogP contribution in [0.1, 0.15) is 50.4 Å². The molecule has 0 bridgehead atoms. The summed E-state index contributed by atoms with van der Waals surface area (Å²) in [4.78, 5) is 23.8. The predicted octanol–water partition coefficient (Wildman–Crippen LogP) is 5.94. The standard InChI is InChI=1S/C21H17BrClNO3S/c1-12(14-5-7-15(8-6-14)21(26)27)24-20(25)18-11-28-19(22)17(18)10-13-3-2-4-16(23)9-13/h2-9,11-12H,10H2,1H3,(H,24,25)(H,26,27)/t12-/m0/s1. The maximum absolute atomic E-state index is 12.8. The zero-order valence-electron chi connectivity index (χ0n) is 14.9. The molecular formula is C21H17BrClNO3S. The number of rotatable bonds is 6. The third-order valence-corrected chi connectivity index (χ3v) is 6.44. The molecule has 1 amide bonds. The van der Waals surface area contributed by atoms with Crippen LogP contribution in [0, 0.1) is 0 Å². The van der Waals surface area contributed by atoms with Crippen molar-refractivity contribution in [2.75, 3.05) is 0 Å². The number of thiophene rings is 1. The molecule has 0 unspecified atom stereocenters. The van der Waals surface area contributed by atoms with Gasteiger partial charge in [0, 0.05) is 16.8 Å². The Morgan fingerprint density at radius 3 is 2.57 bits per heavy atom. The molecule has 1 atom stereocenters. The fourth-order valence-corrected chi connectivity index (χ4v) is 4.48. The highest BCUT2D eigenvalue weighted by atomic mass is 79.9. The van der Waals surface area contributed by atoms with Gasteiger partial charge in [-0.15, -0.1) is 11.3 Å². The molecule has 3 rings (SSSR count). The first-order chi connectivity index (χ1) is 13.3. The molecule has 1 heterocycles. The van der Waals surface area contributed by atoms with Crippen LogP contribution in [0.15, 0.2) is 57.7 Å². The number of nitrogens with one attached hydrogen (secondary N) is 1. The number of carbonyl (C=O) groups excluding carboxylic acids is 1. The summed E-state index contributed by atoms with van der Waals surface area (Å²) in [6, 6.07) is 13.8. The SMILES string of the molecule is C[C@H](NC(=O)c1csc(Br)c1Cc1cccc(Cl)c1)c1ccc(C(=O)O)cc1. The van der Waals surface area contributed by atoms with E-state index in [-0.39, 0.29) is 17.5 Å². The number of halogens is 2. The summed E-state index contributed by atoms with van der Waals surface area (Å²) in [7, 11) is 0. The molecule has 144 valence electrons. The van der Waals surface area contributed by atoms with E-state index in [4.69, 9.17) is 16.7 Å². The molecule has 2 N–H and O–H groups in total. The van der Waals surface area contributed by atoms with Gasteiger partial charge in [0.2, 0.25) is 0 Å². The van der Waals surface area contributed by atoms with E-state index in [1.807, 2.05) is 36.6 Å². The maximum atomic E-state index is 12.8. The number of carbonyl (C=O) groups is 2. The van der Waals surface area contributed by atoms with E-state index in [9.17, 15) is 9.59 Å². The molecule has 0 aliphatic carbocycles. The zero-order valence-corrected chi connectivity index (χ0v) is 18.1. The van der Waals surface area contributed by atoms with E-state index >= 15 is 0 Å². The molecule has 1 aromatic heterocycles. The average molecular weight is 479 g/mol. The van der Waals surface area contributed by atoms with Crippen molar-refractivity contribution in [3.63, 3.8) is 0 Å². The minimum absolute atomic E-state index is 0.172. The number of amides is 1. The van der Waals surface area contributed by atoms with Gasteiger partial charge in [-0.1, -0.05) is 35.9 Å². The second-order valence-corrected chi connectivity index (χ2v) is 8.96. The quantitative estimate of drug-likeness (QED) is 0.460. The number of carboxylic acids is 1. The van der Waals surface area contributed by atoms with E-state index < -0.39 is 5.97 Å². The lowest BCUT2D eigenvalue weighted by molar-refractivity contribution is 0.0696. The summed E-state index contributed by atoms with van der Waals surface area (Å²) < 4.78 is 0.913. The van der Waals surface area contributed by atoms with E-state index in [1.54, 1.807) is 12.1 Å². The monoisotopic (exact) mass is 477 g/mol. The lowest BCUT2D eigenvalue weighted by Gasteiger charge is -2.15. The normalized spacial score (nSPS) is 11.8.